The zero-order chi connectivity index (χ0) is 14.7. The molecule has 0 spiro atoms. The summed E-state index contributed by atoms with van der Waals surface area (Å²) in [5, 5.41) is 4.46. The van der Waals surface area contributed by atoms with Crippen LogP contribution in [-0.4, -0.2) is 16.3 Å². The Morgan fingerprint density at radius 1 is 1.05 bits per heavy atom. The van der Waals surface area contributed by atoms with Gasteiger partial charge in [-0.3, -0.25) is 0 Å². The number of rotatable bonds is 4. The lowest BCUT2D eigenvalue weighted by atomic mass is 10.1. The van der Waals surface area contributed by atoms with E-state index in [0.717, 1.165) is 22.1 Å². The number of benzene rings is 2. The van der Waals surface area contributed by atoms with Crippen molar-refractivity contribution in [2.45, 2.75) is 6.42 Å². The standard InChI is InChI=1S/C17H16BrN3/c18-16-10-13(8-9-19)6-7-17(16)21-12-15(11-20-21)14-4-2-1-3-5-14/h1-7,10-12H,8-9,19H2. The van der Waals surface area contributed by atoms with E-state index in [1.807, 2.05) is 35.3 Å². The molecule has 0 aliphatic heterocycles. The first kappa shape index (κ1) is 14.0. The molecule has 0 unspecified atom stereocenters. The molecule has 4 heteroatoms. The second-order valence-electron chi connectivity index (χ2n) is 4.86. The zero-order valence-corrected chi connectivity index (χ0v) is 13.1. The van der Waals surface area contributed by atoms with Gasteiger partial charge >= 0.3 is 0 Å². The van der Waals surface area contributed by atoms with Crippen LogP contribution in [0.4, 0.5) is 0 Å². The normalized spacial score (nSPS) is 10.8. The van der Waals surface area contributed by atoms with Crippen LogP contribution in [0, 0.1) is 0 Å². The van der Waals surface area contributed by atoms with Gasteiger partial charge in [0.25, 0.3) is 0 Å². The number of hydrogen-bond acceptors (Lipinski definition) is 2. The number of nitrogens with zero attached hydrogens (tertiary/aromatic N) is 2. The van der Waals surface area contributed by atoms with E-state index in [1.54, 1.807) is 0 Å². The minimum atomic E-state index is 0.658. The van der Waals surface area contributed by atoms with E-state index in [-0.39, 0.29) is 0 Å². The summed E-state index contributed by atoms with van der Waals surface area (Å²) in [7, 11) is 0. The average Bonchev–Trinajstić information content (AvgIpc) is 2.98. The summed E-state index contributed by atoms with van der Waals surface area (Å²) < 4.78 is 2.91. The van der Waals surface area contributed by atoms with Crippen molar-refractivity contribution in [1.29, 1.82) is 0 Å². The number of halogens is 1. The second-order valence-corrected chi connectivity index (χ2v) is 5.72. The van der Waals surface area contributed by atoms with E-state index >= 15 is 0 Å². The lowest BCUT2D eigenvalue weighted by Crippen LogP contribution is -2.03. The first-order chi connectivity index (χ1) is 10.3. The van der Waals surface area contributed by atoms with Gasteiger partial charge in [-0.25, -0.2) is 4.68 Å². The van der Waals surface area contributed by atoms with Crippen LogP contribution in [0.5, 0.6) is 0 Å². The van der Waals surface area contributed by atoms with Crippen molar-refractivity contribution in [2.24, 2.45) is 5.73 Å². The van der Waals surface area contributed by atoms with E-state index in [0.29, 0.717) is 6.54 Å². The van der Waals surface area contributed by atoms with Gasteiger partial charge in [-0.1, -0.05) is 36.4 Å². The molecule has 3 aromatic rings. The Morgan fingerprint density at radius 2 is 1.86 bits per heavy atom. The quantitative estimate of drug-likeness (QED) is 0.784. The minimum Gasteiger partial charge on any atom is -0.330 e. The summed E-state index contributed by atoms with van der Waals surface area (Å²) in [4.78, 5) is 0. The van der Waals surface area contributed by atoms with E-state index in [4.69, 9.17) is 5.73 Å². The Kier molecular flexibility index (Phi) is 4.18. The van der Waals surface area contributed by atoms with Gasteiger partial charge in [0.05, 0.1) is 11.9 Å². The monoisotopic (exact) mass is 341 g/mol. The van der Waals surface area contributed by atoms with Gasteiger partial charge in [0.2, 0.25) is 0 Å². The molecule has 0 aliphatic carbocycles. The Bertz CT molecular complexity index is 735. The molecule has 0 fully saturated rings. The number of hydrogen-bond donors (Lipinski definition) is 1. The van der Waals surface area contributed by atoms with Gasteiger partial charge in [-0.15, -0.1) is 0 Å². The van der Waals surface area contributed by atoms with Crippen LogP contribution < -0.4 is 5.73 Å². The summed E-state index contributed by atoms with van der Waals surface area (Å²) in [6, 6.07) is 16.5. The number of nitrogens with two attached hydrogens (primary N) is 1. The summed E-state index contributed by atoms with van der Waals surface area (Å²) in [6.45, 7) is 0.658. The van der Waals surface area contributed by atoms with Crippen molar-refractivity contribution >= 4 is 15.9 Å². The predicted molar refractivity (Wildman–Crippen MR) is 89.5 cm³/mol. The maximum Gasteiger partial charge on any atom is 0.0787 e. The molecule has 2 N–H and O–H groups in total. The van der Waals surface area contributed by atoms with Gasteiger partial charge in [0.1, 0.15) is 0 Å². The predicted octanol–water partition coefficient (Wildman–Crippen LogP) is 3.80. The highest BCUT2D eigenvalue weighted by Gasteiger charge is 2.07. The van der Waals surface area contributed by atoms with E-state index in [1.165, 1.54) is 11.1 Å². The van der Waals surface area contributed by atoms with Crippen LogP contribution in [-0.2, 0) is 6.42 Å². The van der Waals surface area contributed by atoms with Gasteiger partial charge in [-0.2, -0.15) is 5.10 Å². The van der Waals surface area contributed by atoms with Crippen LogP contribution in [0.25, 0.3) is 16.8 Å². The summed E-state index contributed by atoms with van der Waals surface area (Å²) >= 11 is 3.62. The topological polar surface area (TPSA) is 43.8 Å². The first-order valence-electron chi connectivity index (χ1n) is 6.87. The summed E-state index contributed by atoms with van der Waals surface area (Å²) in [5.74, 6) is 0. The molecular weight excluding hydrogens is 326 g/mol. The van der Waals surface area contributed by atoms with Gasteiger partial charge in [0.15, 0.2) is 0 Å². The molecule has 0 saturated carbocycles. The molecule has 106 valence electrons. The second kappa shape index (κ2) is 6.24. The molecular formula is C17H16BrN3. The van der Waals surface area contributed by atoms with Crippen LogP contribution >= 0.6 is 15.9 Å². The highest BCUT2D eigenvalue weighted by Crippen LogP contribution is 2.25. The third-order valence-electron chi connectivity index (χ3n) is 3.38. The van der Waals surface area contributed by atoms with Crippen LogP contribution in [0.1, 0.15) is 5.56 Å². The third-order valence-corrected chi connectivity index (χ3v) is 4.02. The molecule has 3 nitrogen and oxygen atoms in total. The molecule has 0 saturated heterocycles. The highest BCUT2D eigenvalue weighted by atomic mass is 79.9. The fourth-order valence-electron chi connectivity index (χ4n) is 2.29. The van der Waals surface area contributed by atoms with E-state index in [2.05, 4.69) is 51.4 Å². The van der Waals surface area contributed by atoms with Crippen LogP contribution in [0.15, 0.2) is 65.4 Å². The van der Waals surface area contributed by atoms with Crippen LogP contribution in [0.2, 0.25) is 0 Å². The lowest BCUT2D eigenvalue weighted by Gasteiger charge is -2.07. The van der Waals surface area contributed by atoms with Crippen molar-refractivity contribution in [1.82, 2.24) is 9.78 Å². The first-order valence-corrected chi connectivity index (χ1v) is 7.66. The Hall–Kier alpha value is -1.91. The molecule has 1 heterocycles. The SMILES string of the molecule is NCCc1ccc(-n2cc(-c3ccccc3)cn2)c(Br)c1. The zero-order valence-electron chi connectivity index (χ0n) is 11.5. The summed E-state index contributed by atoms with van der Waals surface area (Å²) in [6.07, 6.45) is 4.81. The smallest absolute Gasteiger partial charge is 0.0787 e. The number of aromatic nitrogens is 2. The fraction of sp³-hybridized carbons (Fsp3) is 0.118. The van der Waals surface area contributed by atoms with Crippen molar-refractivity contribution in [3.05, 3.63) is 71.0 Å². The van der Waals surface area contributed by atoms with Crippen molar-refractivity contribution in [2.75, 3.05) is 6.54 Å². The Labute approximate surface area is 132 Å². The lowest BCUT2D eigenvalue weighted by molar-refractivity contribution is 0.872. The average molecular weight is 342 g/mol. The van der Waals surface area contributed by atoms with E-state index < -0.39 is 0 Å². The van der Waals surface area contributed by atoms with Crippen molar-refractivity contribution in [3.63, 3.8) is 0 Å². The third kappa shape index (κ3) is 3.06. The van der Waals surface area contributed by atoms with Crippen LogP contribution in [0.3, 0.4) is 0 Å². The molecule has 0 aliphatic rings. The van der Waals surface area contributed by atoms with E-state index in [9.17, 15) is 0 Å². The Morgan fingerprint density at radius 3 is 2.57 bits per heavy atom. The molecule has 21 heavy (non-hydrogen) atoms. The minimum absolute atomic E-state index is 0.658. The van der Waals surface area contributed by atoms with Gasteiger partial charge < -0.3 is 5.73 Å². The maximum absolute atomic E-state index is 5.59. The van der Waals surface area contributed by atoms with Crippen molar-refractivity contribution < 1.29 is 0 Å². The molecule has 0 bridgehead atoms. The molecule has 2 aromatic carbocycles. The van der Waals surface area contributed by atoms with Gasteiger partial charge in [0, 0.05) is 16.2 Å². The fourth-order valence-corrected chi connectivity index (χ4v) is 2.90. The molecule has 0 atom stereocenters. The largest absolute Gasteiger partial charge is 0.330 e. The van der Waals surface area contributed by atoms with Gasteiger partial charge in [-0.05, 0) is 52.2 Å². The highest BCUT2D eigenvalue weighted by molar-refractivity contribution is 9.10. The van der Waals surface area contributed by atoms with Crippen molar-refractivity contribution in [3.8, 4) is 16.8 Å². The molecule has 0 amide bonds. The Balaban J connectivity index is 1.93. The summed E-state index contributed by atoms with van der Waals surface area (Å²) in [5.41, 5.74) is 10.1. The maximum atomic E-state index is 5.59. The molecule has 0 radical (unpaired) electrons. The molecule has 1 aromatic heterocycles. The molecule has 3 rings (SSSR count).